The first kappa shape index (κ1) is 14.6. The quantitative estimate of drug-likeness (QED) is 0.829. The summed E-state index contributed by atoms with van der Waals surface area (Å²) in [6.45, 7) is 6.44. The standard InChI is InChI=1S/C16H22N2O2/c1-11(2)14-17(4)15(19)12(3)10-18(14)16(20)13-8-6-5-7-9-13/h5-9,11-12,14H,10H2,1-4H3/t12-,14+/m1/s1. The number of carbonyl (C=O) groups is 2. The highest BCUT2D eigenvalue weighted by Gasteiger charge is 2.40. The van der Waals surface area contributed by atoms with E-state index in [1.54, 1.807) is 11.9 Å². The Morgan fingerprint density at radius 2 is 1.85 bits per heavy atom. The van der Waals surface area contributed by atoms with Crippen molar-refractivity contribution in [2.45, 2.75) is 26.9 Å². The van der Waals surface area contributed by atoms with Crippen molar-refractivity contribution < 1.29 is 9.59 Å². The molecule has 1 heterocycles. The van der Waals surface area contributed by atoms with E-state index in [1.807, 2.05) is 56.0 Å². The number of hydrogen-bond acceptors (Lipinski definition) is 2. The lowest BCUT2D eigenvalue weighted by atomic mass is 9.98. The summed E-state index contributed by atoms with van der Waals surface area (Å²) >= 11 is 0. The van der Waals surface area contributed by atoms with E-state index in [9.17, 15) is 9.59 Å². The second kappa shape index (κ2) is 5.65. The van der Waals surface area contributed by atoms with Crippen LogP contribution in [0.15, 0.2) is 30.3 Å². The molecular formula is C16H22N2O2. The number of hydrogen-bond donors (Lipinski definition) is 0. The summed E-state index contributed by atoms with van der Waals surface area (Å²) in [6.07, 6.45) is -0.175. The minimum atomic E-state index is -0.175. The van der Waals surface area contributed by atoms with Crippen LogP contribution in [0.2, 0.25) is 0 Å². The molecule has 4 nitrogen and oxygen atoms in total. The molecule has 1 aliphatic rings. The molecule has 0 aliphatic carbocycles. The maximum Gasteiger partial charge on any atom is 0.255 e. The van der Waals surface area contributed by atoms with Crippen LogP contribution in [0.3, 0.4) is 0 Å². The fraction of sp³-hybridized carbons (Fsp3) is 0.500. The molecule has 20 heavy (non-hydrogen) atoms. The van der Waals surface area contributed by atoms with Crippen LogP contribution in [0.5, 0.6) is 0 Å². The van der Waals surface area contributed by atoms with E-state index in [1.165, 1.54) is 0 Å². The summed E-state index contributed by atoms with van der Waals surface area (Å²) in [5.74, 6) is 0.156. The molecule has 0 unspecified atom stereocenters. The molecule has 2 rings (SSSR count). The summed E-state index contributed by atoms with van der Waals surface area (Å²) in [4.78, 5) is 28.4. The molecule has 1 aromatic rings. The van der Waals surface area contributed by atoms with Gasteiger partial charge < -0.3 is 9.80 Å². The van der Waals surface area contributed by atoms with Crippen LogP contribution in [0.4, 0.5) is 0 Å². The lowest BCUT2D eigenvalue weighted by Crippen LogP contribution is -2.61. The number of nitrogens with zero attached hydrogens (tertiary/aromatic N) is 2. The Morgan fingerprint density at radius 3 is 2.40 bits per heavy atom. The Hall–Kier alpha value is -1.84. The molecule has 0 aromatic heterocycles. The van der Waals surface area contributed by atoms with Crippen LogP contribution in [-0.4, -0.2) is 41.4 Å². The molecule has 0 N–H and O–H groups in total. The van der Waals surface area contributed by atoms with Gasteiger partial charge in [-0.3, -0.25) is 9.59 Å². The Balaban J connectivity index is 2.32. The Kier molecular flexibility index (Phi) is 4.12. The van der Waals surface area contributed by atoms with Crippen LogP contribution in [0.25, 0.3) is 0 Å². The molecule has 0 spiro atoms. The summed E-state index contributed by atoms with van der Waals surface area (Å²) in [7, 11) is 1.79. The van der Waals surface area contributed by atoms with Gasteiger partial charge in [0.25, 0.3) is 5.91 Å². The van der Waals surface area contributed by atoms with Crippen LogP contribution in [0, 0.1) is 11.8 Å². The predicted molar refractivity (Wildman–Crippen MR) is 78.0 cm³/mol. The Labute approximate surface area is 120 Å². The highest BCUT2D eigenvalue weighted by Crippen LogP contribution is 2.25. The molecule has 2 atom stereocenters. The van der Waals surface area contributed by atoms with E-state index >= 15 is 0 Å². The molecule has 2 amide bonds. The summed E-state index contributed by atoms with van der Waals surface area (Å²) in [5.41, 5.74) is 0.674. The van der Waals surface area contributed by atoms with Gasteiger partial charge in [-0.1, -0.05) is 39.0 Å². The van der Waals surface area contributed by atoms with E-state index in [4.69, 9.17) is 0 Å². The van der Waals surface area contributed by atoms with Gasteiger partial charge in [0.05, 0.1) is 5.92 Å². The third kappa shape index (κ3) is 2.55. The molecular weight excluding hydrogens is 252 g/mol. The third-order valence-corrected chi connectivity index (χ3v) is 3.83. The number of amides is 2. The summed E-state index contributed by atoms with van der Waals surface area (Å²) in [6, 6.07) is 9.26. The van der Waals surface area contributed by atoms with Gasteiger partial charge in [0.1, 0.15) is 6.17 Å². The molecule has 0 saturated carbocycles. The lowest BCUT2D eigenvalue weighted by molar-refractivity contribution is -0.147. The predicted octanol–water partition coefficient (Wildman–Crippen LogP) is 2.22. The van der Waals surface area contributed by atoms with Crippen LogP contribution in [-0.2, 0) is 4.79 Å². The first-order valence-electron chi connectivity index (χ1n) is 7.06. The van der Waals surface area contributed by atoms with Crippen molar-refractivity contribution in [3.63, 3.8) is 0 Å². The third-order valence-electron chi connectivity index (χ3n) is 3.83. The van der Waals surface area contributed by atoms with Crippen molar-refractivity contribution in [3.8, 4) is 0 Å². The summed E-state index contributed by atoms with van der Waals surface area (Å²) < 4.78 is 0. The molecule has 0 bridgehead atoms. The van der Waals surface area contributed by atoms with Gasteiger partial charge in [-0.05, 0) is 18.1 Å². The molecule has 108 valence electrons. The topological polar surface area (TPSA) is 40.6 Å². The van der Waals surface area contributed by atoms with Crippen LogP contribution >= 0.6 is 0 Å². The second-order valence-electron chi connectivity index (χ2n) is 5.83. The van der Waals surface area contributed by atoms with E-state index < -0.39 is 0 Å². The van der Waals surface area contributed by atoms with Gasteiger partial charge in [0, 0.05) is 19.2 Å². The highest BCUT2D eigenvalue weighted by molar-refractivity contribution is 5.95. The first-order valence-corrected chi connectivity index (χ1v) is 7.06. The van der Waals surface area contributed by atoms with E-state index in [2.05, 4.69) is 0 Å². The minimum Gasteiger partial charge on any atom is -0.325 e. The molecule has 0 radical (unpaired) electrons. The highest BCUT2D eigenvalue weighted by atomic mass is 16.2. The zero-order valence-electron chi connectivity index (χ0n) is 12.5. The SMILES string of the molecule is CC(C)[C@H]1N(C)C(=O)[C@H](C)CN1C(=O)c1ccccc1. The van der Waals surface area contributed by atoms with Gasteiger partial charge in [-0.2, -0.15) is 0 Å². The average Bonchev–Trinajstić information content (AvgIpc) is 2.44. The minimum absolute atomic E-state index is 0.00417. The van der Waals surface area contributed by atoms with Crippen molar-refractivity contribution in [3.05, 3.63) is 35.9 Å². The maximum absolute atomic E-state index is 12.7. The van der Waals surface area contributed by atoms with E-state index in [0.717, 1.165) is 0 Å². The largest absolute Gasteiger partial charge is 0.325 e. The normalized spacial score (nSPS) is 23.4. The molecule has 1 saturated heterocycles. The molecule has 4 heteroatoms. The number of carbonyl (C=O) groups excluding carboxylic acids is 2. The second-order valence-corrected chi connectivity index (χ2v) is 5.83. The summed E-state index contributed by atoms with van der Waals surface area (Å²) in [5, 5.41) is 0. The Morgan fingerprint density at radius 1 is 1.25 bits per heavy atom. The zero-order chi connectivity index (χ0) is 14.9. The van der Waals surface area contributed by atoms with Crippen molar-refractivity contribution in [2.24, 2.45) is 11.8 Å². The first-order chi connectivity index (χ1) is 9.43. The van der Waals surface area contributed by atoms with Gasteiger partial charge >= 0.3 is 0 Å². The maximum atomic E-state index is 12.7. The van der Waals surface area contributed by atoms with Crippen LogP contribution in [0.1, 0.15) is 31.1 Å². The van der Waals surface area contributed by atoms with Crippen LogP contribution < -0.4 is 0 Å². The molecule has 1 aromatic carbocycles. The Bertz CT molecular complexity index is 498. The van der Waals surface area contributed by atoms with Gasteiger partial charge in [-0.15, -0.1) is 0 Å². The van der Waals surface area contributed by atoms with Crippen molar-refractivity contribution in [1.82, 2.24) is 9.80 Å². The van der Waals surface area contributed by atoms with Gasteiger partial charge in [-0.25, -0.2) is 0 Å². The zero-order valence-corrected chi connectivity index (χ0v) is 12.5. The fourth-order valence-corrected chi connectivity index (χ4v) is 2.92. The van der Waals surface area contributed by atoms with E-state index in [-0.39, 0.29) is 29.8 Å². The fourth-order valence-electron chi connectivity index (χ4n) is 2.92. The lowest BCUT2D eigenvalue weighted by Gasteiger charge is -2.46. The molecule has 1 aliphatic heterocycles. The monoisotopic (exact) mass is 274 g/mol. The van der Waals surface area contributed by atoms with E-state index in [0.29, 0.717) is 12.1 Å². The van der Waals surface area contributed by atoms with Crippen molar-refractivity contribution in [1.29, 1.82) is 0 Å². The number of benzene rings is 1. The van der Waals surface area contributed by atoms with Crippen molar-refractivity contribution >= 4 is 11.8 Å². The smallest absolute Gasteiger partial charge is 0.255 e. The average molecular weight is 274 g/mol. The van der Waals surface area contributed by atoms with Crippen molar-refractivity contribution in [2.75, 3.05) is 13.6 Å². The van der Waals surface area contributed by atoms with Gasteiger partial charge in [0.2, 0.25) is 5.91 Å². The number of rotatable bonds is 2. The molecule has 1 fully saturated rings. The van der Waals surface area contributed by atoms with Gasteiger partial charge in [0.15, 0.2) is 0 Å².